The summed E-state index contributed by atoms with van der Waals surface area (Å²) in [6.45, 7) is 22.3. The van der Waals surface area contributed by atoms with Gasteiger partial charge in [-0.25, -0.2) is 0 Å². The van der Waals surface area contributed by atoms with E-state index in [1.165, 1.54) is 25.9 Å². The zero-order chi connectivity index (χ0) is 15.6. The molecule has 20 heavy (non-hydrogen) atoms. The predicted octanol–water partition coefficient (Wildman–Crippen LogP) is 4.16. The second kappa shape index (κ2) is 6.79. The van der Waals surface area contributed by atoms with Crippen molar-refractivity contribution in [1.82, 2.24) is 10.2 Å². The Morgan fingerprint density at radius 1 is 1.00 bits per heavy atom. The summed E-state index contributed by atoms with van der Waals surface area (Å²) in [6, 6.07) is 1.33. The molecule has 0 bridgehead atoms. The van der Waals surface area contributed by atoms with Crippen LogP contribution >= 0.6 is 0 Å². The average Bonchev–Trinajstić information content (AvgIpc) is 2.22. The molecule has 0 spiro atoms. The highest BCUT2D eigenvalue weighted by Gasteiger charge is 2.31. The van der Waals surface area contributed by atoms with Gasteiger partial charge in [-0.1, -0.05) is 41.5 Å². The van der Waals surface area contributed by atoms with Crippen molar-refractivity contribution < 1.29 is 0 Å². The lowest BCUT2D eigenvalue weighted by atomic mass is 9.79. The Morgan fingerprint density at radius 2 is 1.60 bits per heavy atom. The van der Waals surface area contributed by atoms with Gasteiger partial charge in [0, 0.05) is 31.7 Å². The summed E-state index contributed by atoms with van der Waals surface area (Å²) in [5.74, 6) is 0.837. The number of rotatable bonds is 4. The zero-order valence-corrected chi connectivity index (χ0v) is 15.2. The van der Waals surface area contributed by atoms with Crippen LogP contribution in [0.15, 0.2) is 0 Å². The number of nitrogens with one attached hydrogen (secondary N) is 1. The summed E-state index contributed by atoms with van der Waals surface area (Å²) in [6.07, 6.45) is 2.68. The van der Waals surface area contributed by atoms with Crippen LogP contribution in [0.5, 0.6) is 0 Å². The Hall–Kier alpha value is -0.0800. The number of piperidine rings is 1. The topological polar surface area (TPSA) is 15.3 Å². The molecule has 1 rings (SSSR count). The molecule has 1 fully saturated rings. The van der Waals surface area contributed by atoms with E-state index in [-0.39, 0.29) is 0 Å². The Labute approximate surface area is 127 Å². The molecule has 0 aromatic rings. The van der Waals surface area contributed by atoms with Gasteiger partial charge < -0.3 is 5.32 Å². The third kappa shape index (κ3) is 7.08. The molecule has 0 radical (unpaired) electrons. The predicted molar refractivity (Wildman–Crippen MR) is 90.1 cm³/mol. The Kier molecular flexibility index (Phi) is 6.10. The molecule has 0 aliphatic carbocycles. The number of hydrogen-bond acceptors (Lipinski definition) is 2. The molecule has 0 aromatic carbocycles. The summed E-state index contributed by atoms with van der Waals surface area (Å²) in [7, 11) is 0. The fourth-order valence-electron chi connectivity index (χ4n) is 3.27. The second-order valence-corrected chi connectivity index (χ2v) is 9.55. The van der Waals surface area contributed by atoms with Gasteiger partial charge in [0.2, 0.25) is 0 Å². The molecule has 0 amide bonds. The second-order valence-electron chi connectivity index (χ2n) is 9.55. The minimum atomic E-state index is 0.375. The van der Waals surface area contributed by atoms with E-state index in [9.17, 15) is 0 Å². The molecule has 2 nitrogen and oxygen atoms in total. The van der Waals surface area contributed by atoms with Gasteiger partial charge in [0.15, 0.2) is 0 Å². The average molecular weight is 283 g/mol. The van der Waals surface area contributed by atoms with Crippen molar-refractivity contribution in [1.29, 1.82) is 0 Å². The molecule has 0 saturated carbocycles. The summed E-state index contributed by atoms with van der Waals surface area (Å²) in [5, 5.41) is 3.82. The van der Waals surface area contributed by atoms with E-state index in [0.717, 1.165) is 12.5 Å². The van der Waals surface area contributed by atoms with Crippen molar-refractivity contribution in [3.63, 3.8) is 0 Å². The van der Waals surface area contributed by atoms with Gasteiger partial charge in [0.05, 0.1) is 0 Å². The van der Waals surface area contributed by atoms with Crippen molar-refractivity contribution in [3.8, 4) is 0 Å². The monoisotopic (exact) mass is 282 g/mol. The first-order valence-corrected chi connectivity index (χ1v) is 8.44. The fourth-order valence-corrected chi connectivity index (χ4v) is 3.27. The van der Waals surface area contributed by atoms with Crippen LogP contribution in [0.2, 0.25) is 0 Å². The SMILES string of the molecule is CC(C)N1CC(CC(C)(C)C)CC(NCC(C)(C)C)C1. The van der Waals surface area contributed by atoms with Crippen molar-refractivity contribution in [2.24, 2.45) is 16.7 Å². The first-order valence-electron chi connectivity index (χ1n) is 8.44. The molecular weight excluding hydrogens is 244 g/mol. The van der Waals surface area contributed by atoms with Gasteiger partial charge in [-0.3, -0.25) is 4.90 Å². The Bertz CT molecular complexity index is 283. The first-order chi connectivity index (χ1) is 8.96. The highest BCUT2D eigenvalue weighted by Crippen LogP contribution is 2.31. The highest BCUT2D eigenvalue weighted by molar-refractivity contribution is 4.87. The van der Waals surface area contributed by atoms with Crippen molar-refractivity contribution in [3.05, 3.63) is 0 Å². The van der Waals surface area contributed by atoms with E-state index < -0.39 is 0 Å². The molecule has 1 saturated heterocycles. The van der Waals surface area contributed by atoms with E-state index in [0.29, 0.717) is 22.9 Å². The summed E-state index contributed by atoms with van der Waals surface area (Å²) < 4.78 is 0. The molecule has 1 N–H and O–H groups in total. The van der Waals surface area contributed by atoms with Gasteiger partial charge >= 0.3 is 0 Å². The molecule has 2 heteroatoms. The number of nitrogens with zero attached hydrogens (tertiary/aromatic N) is 1. The molecule has 2 atom stereocenters. The lowest BCUT2D eigenvalue weighted by Crippen LogP contribution is -2.53. The Balaban J connectivity index is 2.61. The molecule has 1 aliphatic heterocycles. The van der Waals surface area contributed by atoms with E-state index >= 15 is 0 Å². The van der Waals surface area contributed by atoms with Crippen molar-refractivity contribution in [2.75, 3.05) is 19.6 Å². The summed E-state index contributed by atoms with van der Waals surface area (Å²) >= 11 is 0. The molecule has 1 aliphatic rings. The van der Waals surface area contributed by atoms with E-state index in [1.807, 2.05) is 0 Å². The lowest BCUT2D eigenvalue weighted by molar-refractivity contribution is 0.0869. The molecule has 0 aromatic heterocycles. The molecular formula is C18H38N2. The van der Waals surface area contributed by atoms with Crippen LogP contribution in [0, 0.1) is 16.7 Å². The number of likely N-dealkylation sites (tertiary alicyclic amines) is 1. The molecule has 2 unspecified atom stereocenters. The third-order valence-electron chi connectivity index (χ3n) is 4.12. The largest absolute Gasteiger partial charge is 0.312 e. The summed E-state index contributed by atoms with van der Waals surface area (Å²) in [4.78, 5) is 2.67. The lowest BCUT2D eigenvalue weighted by Gasteiger charge is -2.42. The van der Waals surface area contributed by atoms with Crippen LogP contribution in [-0.4, -0.2) is 36.6 Å². The minimum absolute atomic E-state index is 0.375. The third-order valence-corrected chi connectivity index (χ3v) is 4.12. The Morgan fingerprint density at radius 3 is 2.05 bits per heavy atom. The van der Waals surface area contributed by atoms with Crippen LogP contribution in [0.25, 0.3) is 0 Å². The van der Waals surface area contributed by atoms with Gasteiger partial charge in [0.1, 0.15) is 0 Å². The van der Waals surface area contributed by atoms with Crippen LogP contribution in [0.4, 0.5) is 0 Å². The van der Waals surface area contributed by atoms with Crippen LogP contribution in [-0.2, 0) is 0 Å². The summed E-state index contributed by atoms with van der Waals surface area (Å²) in [5.41, 5.74) is 0.818. The smallest absolute Gasteiger partial charge is 0.0198 e. The van der Waals surface area contributed by atoms with Gasteiger partial charge in [-0.05, 0) is 43.4 Å². The quantitative estimate of drug-likeness (QED) is 0.833. The first kappa shape index (κ1) is 18.0. The highest BCUT2D eigenvalue weighted by atomic mass is 15.2. The minimum Gasteiger partial charge on any atom is -0.312 e. The van der Waals surface area contributed by atoms with Gasteiger partial charge in [0.25, 0.3) is 0 Å². The zero-order valence-electron chi connectivity index (χ0n) is 15.2. The van der Waals surface area contributed by atoms with Crippen LogP contribution < -0.4 is 5.32 Å². The molecule has 1 heterocycles. The van der Waals surface area contributed by atoms with Gasteiger partial charge in [-0.2, -0.15) is 0 Å². The standard InChI is InChI=1S/C18H38N2/c1-14(2)20-11-15(10-17(3,4)5)9-16(12-20)19-13-18(6,7)8/h14-16,19H,9-13H2,1-8H3. The maximum atomic E-state index is 3.82. The van der Waals surface area contributed by atoms with Crippen LogP contribution in [0.1, 0.15) is 68.2 Å². The maximum absolute atomic E-state index is 3.82. The maximum Gasteiger partial charge on any atom is 0.0198 e. The fraction of sp³-hybridized carbons (Fsp3) is 1.00. The number of hydrogen-bond donors (Lipinski definition) is 1. The molecule has 120 valence electrons. The van der Waals surface area contributed by atoms with E-state index in [1.54, 1.807) is 0 Å². The van der Waals surface area contributed by atoms with Crippen molar-refractivity contribution in [2.45, 2.75) is 80.3 Å². The van der Waals surface area contributed by atoms with E-state index in [4.69, 9.17) is 0 Å². The van der Waals surface area contributed by atoms with Crippen molar-refractivity contribution >= 4 is 0 Å². The van der Waals surface area contributed by atoms with Crippen LogP contribution in [0.3, 0.4) is 0 Å². The van der Waals surface area contributed by atoms with E-state index in [2.05, 4.69) is 65.6 Å². The normalized spacial score (nSPS) is 26.2. The van der Waals surface area contributed by atoms with Gasteiger partial charge in [-0.15, -0.1) is 0 Å².